The van der Waals surface area contributed by atoms with Crippen LogP contribution in [0.15, 0.2) is 60.7 Å². The SMILES string of the molecule is CCCCC(=O)NCCC(c1ccccc1)c1ccccc1.O=C(O)C(F)(F)F. The first kappa shape index (κ1) is 24.2. The standard InChI is InChI=1S/C20H25NO.C2HF3O2/c1-2-3-14-20(22)21-16-15-19(17-10-6-4-7-11-17)18-12-8-5-9-13-18;3-2(4,5)1(6)7/h4-13,19H,2-3,14-16H2,1H3,(H,21,22);(H,6,7). The minimum atomic E-state index is -5.08. The molecule has 158 valence electrons. The average Bonchev–Trinajstić information content (AvgIpc) is 2.70. The number of carboxylic acids is 1. The topological polar surface area (TPSA) is 66.4 Å². The van der Waals surface area contributed by atoms with Crippen molar-refractivity contribution in [2.24, 2.45) is 0 Å². The van der Waals surface area contributed by atoms with Gasteiger partial charge in [0, 0.05) is 18.9 Å². The second-order valence-electron chi connectivity index (χ2n) is 6.42. The van der Waals surface area contributed by atoms with Crippen LogP contribution in [0.4, 0.5) is 13.2 Å². The van der Waals surface area contributed by atoms with Crippen molar-refractivity contribution in [2.75, 3.05) is 6.54 Å². The van der Waals surface area contributed by atoms with Crippen molar-refractivity contribution in [2.45, 2.75) is 44.7 Å². The molecule has 7 heteroatoms. The number of amides is 1. The van der Waals surface area contributed by atoms with Gasteiger partial charge < -0.3 is 10.4 Å². The van der Waals surface area contributed by atoms with E-state index >= 15 is 0 Å². The van der Waals surface area contributed by atoms with Gasteiger partial charge >= 0.3 is 12.1 Å². The first-order chi connectivity index (χ1) is 13.8. The molecular formula is C22H26F3NO3. The van der Waals surface area contributed by atoms with Crippen LogP contribution >= 0.6 is 0 Å². The fourth-order valence-electron chi connectivity index (χ4n) is 2.68. The predicted molar refractivity (Wildman–Crippen MR) is 106 cm³/mol. The first-order valence-corrected chi connectivity index (χ1v) is 9.42. The summed E-state index contributed by atoms with van der Waals surface area (Å²) in [5.74, 6) is -2.26. The van der Waals surface area contributed by atoms with Gasteiger partial charge in [-0.3, -0.25) is 4.79 Å². The molecule has 0 aliphatic heterocycles. The minimum absolute atomic E-state index is 0.168. The zero-order valence-corrected chi connectivity index (χ0v) is 16.3. The number of carbonyl (C=O) groups is 2. The largest absolute Gasteiger partial charge is 0.490 e. The third-order valence-corrected chi connectivity index (χ3v) is 4.16. The van der Waals surface area contributed by atoms with Gasteiger partial charge in [-0.2, -0.15) is 13.2 Å². The van der Waals surface area contributed by atoms with Crippen LogP contribution in [0.2, 0.25) is 0 Å². The molecule has 29 heavy (non-hydrogen) atoms. The van der Waals surface area contributed by atoms with Crippen LogP contribution in [-0.4, -0.2) is 29.7 Å². The van der Waals surface area contributed by atoms with Crippen LogP contribution in [0.5, 0.6) is 0 Å². The number of carboxylic acid groups (broad SMARTS) is 1. The highest BCUT2D eigenvalue weighted by Gasteiger charge is 2.38. The average molecular weight is 409 g/mol. The van der Waals surface area contributed by atoms with Crippen molar-refractivity contribution in [1.29, 1.82) is 0 Å². The smallest absolute Gasteiger partial charge is 0.475 e. The van der Waals surface area contributed by atoms with E-state index in [4.69, 9.17) is 9.90 Å². The van der Waals surface area contributed by atoms with Crippen molar-refractivity contribution in [3.63, 3.8) is 0 Å². The third kappa shape index (κ3) is 9.78. The Hall–Kier alpha value is -2.83. The molecule has 0 radical (unpaired) electrons. The molecule has 0 aromatic heterocycles. The summed E-state index contributed by atoms with van der Waals surface area (Å²) < 4.78 is 31.7. The number of aliphatic carboxylic acids is 1. The second-order valence-corrected chi connectivity index (χ2v) is 6.42. The lowest BCUT2D eigenvalue weighted by atomic mass is 9.88. The molecule has 2 rings (SSSR count). The summed E-state index contributed by atoms with van der Waals surface area (Å²) >= 11 is 0. The van der Waals surface area contributed by atoms with Gasteiger partial charge in [-0.1, -0.05) is 74.0 Å². The van der Waals surface area contributed by atoms with Crippen molar-refractivity contribution in [1.82, 2.24) is 5.32 Å². The molecule has 0 saturated heterocycles. The van der Waals surface area contributed by atoms with Gasteiger partial charge in [-0.25, -0.2) is 4.79 Å². The first-order valence-electron chi connectivity index (χ1n) is 9.42. The minimum Gasteiger partial charge on any atom is -0.475 e. The molecule has 2 N–H and O–H groups in total. The number of hydrogen-bond acceptors (Lipinski definition) is 2. The Morgan fingerprint density at radius 3 is 1.79 bits per heavy atom. The summed E-state index contributed by atoms with van der Waals surface area (Å²) in [7, 11) is 0. The molecule has 0 saturated carbocycles. The normalized spacial score (nSPS) is 10.8. The van der Waals surface area contributed by atoms with Gasteiger partial charge in [0.2, 0.25) is 5.91 Å². The Balaban J connectivity index is 0.000000516. The summed E-state index contributed by atoms with van der Waals surface area (Å²) in [5.41, 5.74) is 2.60. The number of benzene rings is 2. The van der Waals surface area contributed by atoms with Crippen LogP contribution in [0, 0.1) is 0 Å². The highest BCUT2D eigenvalue weighted by Crippen LogP contribution is 2.27. The van der Waals surface area contributed by atoms with Crippen LogP contribution < -0.4 is 5.32 Å². The molecule has 0 aliphatic carbocycles. The number of alkyl halides is 3. The summed E-state index contributed by atoms with van der Waals surface area (Å²) in [6.45, 7) is 2.82. The molecule has 2 aromatic rings. The van der Waals surface area contributed by atoms with Crippen LogP contribution in [0.3, 0.4) is 0 Å². The summed E-state index contributed by atoms with van der Waals surface area (Å²) in [4.78, 5) is 20.6. The van der Waals surface area contributed by atoms with E-state index in [0.29, 0.717) is 12.3 Å². The fraction of sp³-hybridized carbons (Fsp3) is 0.364. The number of hydrogen-bond donors (Lipinski definition) is 2. The van der Waals surface area contributed by atoms with Gasteiger partial charge in [-0.05, 0) is 24.0 Å². The van der Waals surface area contributed by atoms with Gasteiger partial charge in [-0.15, -0.1) is 0 Å². The number of nitrogens with one attached hydrogen (secondary N) is 1. The van der Waals surface area contributed by atoms with E-state index in [-0.39, 0.29) is 5.91 Å². The summed E-state index contributed by atoms with van der Waals surface area (Å²) in [6.07, 6.45) is -1.50. The zero-order valence-electron chi connectivity index (χ0n) is 16.3. The lowest BCUT2D eigenvalue weighted by Gasteiger charge is -2.18. The second kappa shape index (κ2) is 12.6. The summed E-state index contributed by atoms with van der Waals surface area (Å²) in [5, 5.41) is 10.2. The van der Waals surface area contributed by atoms with Crippen molar-refractivity contribution >= 4 is 11.9 Å². The molecule has 0 unspecified atom stereocenters. The Bertz CT molecular complexity index is 694. The molecule has 0 heterocycles. The molecule has 0 aliphatic rings. The van der Waals surface area contributed by atoms with E-state index in [2.05, 4.69) is 60.8 Å². The molecular weight excluding hydrogens is 383 g/mol. The molecule has 0 bridgehead atoms. The quantitative estimate of drug-likeness (QED) is 0.634. The van der Waals surface area contributed by atoms with E-state index in [1.54, 1.807) is 0 Å². The number of halogens is 3. The van der Waals surface area contributed by atoms with Crippen molar-refractivity contribution in [3.8, 4) is 0 Å². The lowest BCUT2D eigenvalue weighted by molar-refractivity contribution is -0.192. The van der Waals surface area contributed by atoms with Gasteiger partial charge in [0.15, 0.2) is 0 Å². The third-order valence-electron chi connectivity index (χ3n) is 4.16. The lowest BCUT2D eigenvalue weighted by Crippen LogP contribution is -2.25. The number of unbranched alkanes of at least 4 members (excludes halogenated alkanes) is 1. The molecule has 2 aromatic carbocycles. The molecule has 0 atom stereocenters. The predicted octanol–water partition coefficient (Wildman–Crippen LogP) is 5.15. The van der Waals surface area contributed by atoms with Crippen molar-refractivity contribution in [3.05, 3.63) is 71.8 Å². The molecule has 0 spiro atoms. The van der Waals surface area contributed by atoms with Gasteiger partial charge in [0.25, 0.3) is 0 Å². The Morgan fingerprint density at radius 2 is 1.41 bits per heavy atom. The Kier molecular flexibility index (Phi) is 10.5. The van der Waals surface area contributed by atoms with E-state index in [9.17, 15) is 18.0 Å². The van der Waals surface area contributed by atoms with Crippen LogP contribution in [0.25, 0.3) is 0 Å². The van der Waals surface area contributed by atoms with E-state index in [0.717, 1.165) is 25.8 Å². The maximum atomic E-state index is 11.7. The zero-order chi connectivity index (χ0) is 21.7. The molecule has 4 nitrogen and oxygen atoms in total. The van der Waals surface area contributed by atoms with E-state index < -0.39 is 12.1 Å². The van der Waals surface area contributed by atoms with Crippen molar-refractivity contribution < 1.29 is 27.9 Å². The number of carbonyl (C=O) groups excluding carboxylic acids is 1. The Labute approximate surface area is 168 Å². The molecule has 0 fully saturated rings. The highest BCUT2D eigenvalue weighted by atomic mass is 19.4. The highest BCUT2D eigenvalue weighted by molar-refractivity contribution is 5.75. The van der Waals surface area contributed by atoms with Crippen LogP contribution in [-0.2, 0) is 9.59 Å². The fourth-order valence-corrected chi connectivity index (χ4v) is 2.68. The summed E-state index contributed by atoms with van der Waals surface area (Å²) in [6, 6.07) is 21.0. The van der Waals surface area contributed by atoms with Gasteiger partial charge in [0.05, 0.1) is 0 Å². The van der Waals surface area contributed by atoms with Crippen LogP contribution in [0.1, 0.15) is 49.7 Å². The van der Waals surface area contributed by atoms with E-state index in [1.807, 2.05) is 12.1 Å². The Morgan fingerprint density at radius 1 is 0.966 bits per heavy atom. The maximum absolute atomic E-state index is 11.7. The van der Waals surface area contributed by atoms with E-state index in [1.165, 1.54) is 11.1 Å². The maximum Gasteiger partial charge on any atom is 0.490 e. The molecule has 1 amide bonds. The monoisotopic (exact) mass is 409 g/mol. The number of rotatable bonds is 8. The van der Waals surface area contributed by atoms with Gasteiger partial charge in [0.1, 0.15) is 0 Å².